The SMILES string of the molecule is CC(C)(C)OC(=O)N[C@H]1CNC[C@@H]1C1CC1. The summed E-state index contributed by atoms with van der Waals surface area (Å²) >= 11 is 0. The maximum atomic E-state index is 11.6. The molecule has 0 bridgehead atoms. The molecule has 1 amide bonds. The molecule has 0 unspecified atom stereocenters. The highest BCUT2D eigenvalue weighted by atomic mass is 16.6. The Morgan fingerprint density at radius 2 is 2.00 bits per heavy atom. The minimum atomic E-state index is -0.412. The summed E-state index contributed by atoms with van der Waals surface area (Å²) in [4.78, 5) is 11.6. The van der Waals surface area contributed by atoms with Gasteiger partial charge in [0.25, 0.3) is 0 Å². The first-order valence-electron chi connectivity index (χ1n) is 6.16. The maximum absolute atomic E-state index is 11.6. The van der Waals surface area contributed by atoms with Gasteiger partial charge in [0.15, 0.2) is 0 Å². The first-order chi connectivity index (χ1) is 7.46. The zero-order valence-electron chi connectivity index (χ0n) is 10.4. The zero-order chi connectivity index (χ0) is 11.8. The van der Waals surface area contributed by atoms with Gasteiger partial charge in [-0.05, 0) is 45.4 Å². The van der Waals surface area contributed by atoms with E-state index in [1.54, 1.807) is 0 Å². The lowest BCUT2D eigenvalue weighted by molar-refractivity contribution is 0.0495. The average molecular weight is 226 g/mol. The van der Waals surface area contributed by atoms with E-state index in [-0.39, 0.29) is 12.1 Å². The van der Waals surface area contributed by atoms with Crippen LogP contribution in [0.25, 0.3) is 0 Å². The van der Waals surface area contributed by atoms with E-state index in [2.05, 4.69) is 10.6 Å². The van der Waals surface area contributed by atoms with E-state index in [4.69, 9.17) is 4.74 Å². The van der Waals surface area contributed by atoms with Crippen molar-refractivity contribution in [3.05, 3.63) is 0 Å². The number of rotatable bonds is 2. The summed E-state index contributed by atoms with van der Waals surface area (Å²) in [6.45, 7) is 7.57. The highest BCUT2D eigenvalue weighted by Crippen LogP contribution is 2.39. The second kappa shape index (κ2) is 4.24. The molecule has 4 heteroatoms. The minimum Gasteiger partial charge on any atom is -0.444 e. The second-order valence-electron chi connectivity index (χ2n) is 5.91. The number of amides is 1. The largest absolute Gasteiger partial charge is 0.444 e. The van der Waals surface area contributed by atoms with Crippen molar-refractivity contribution in [1.29, 1.82) is 0 Å². The molecule has 4 nitrogen and oxygen atoms in total. The Balaban J connectivity index is 1.81. The number of hydrogen-bond acceptors (Lipinski definition) is 3. The number of alkyl carbamates (subject to hydrolysis) is 1. The zero-order valence-corrected chi connectivity index (χ0v) is 10.4. The van der Waals surface area contributed by atoms with Gasteiger partial charge in [-0.15, -0.1) is 0 Å². The van der Waals surface area contributed by atoms with Crippen LogP contribution in [-0.4, -0.2) is 30.8 Å². The maximum Gasteiger partial charge on any atom is 0.407 e. The average Bonchev–Trinajstić information content (AvgIpc) is 2.85. The third-order valence-electron chi connectivity index (χ3n) is 3.19. The minimum absolute atomic E-state index is 0.252. The van der Waals surface area contributed by atoms with Gasteiger partial charge in [-0.25, -0.2) is 4.79 Å². The smallest absolute Gasteiger partial charge is 0.407 e. The van der Waals surface area contributed by atoms with Crippen LogP contribution < -0.4 is 10.6 Å². The molecule has 1 aliphatic heterocycles. The first-order valence-corrected chi connectivity index (χ1v) is 6.16. The molecule has 2 rings (SSSR count). The lowest BCUT2D eigenvalue weighted by Gasteiger charge is -2.24. The topological polar surface area (TPSA) is 50.4 Å². The molecule has 2 aliphatic rings. The van der Waals surface area contributed by atoms with Gasteiger partial charge < -0.3 is 15.4 Å². The predicted molar refractivity (Wildman–Crippen MR) is 62.2 cm³/mol. The van der Waals surface area contributed by atoms with E-state index in [0.29, 0.717) is 5.92 Å². The van der Waals surface area contributed by atoms with E-state index in [0.717, 1.165) is 19.0 Å². The van der Waals surface area contributed by atoms with Crippen LogP contribution in [0.2, 0.25) is 0 Å². The molecule has 2 fully saturated rings. The number of carbonyl (C=O) groups excluding carboxylic acids is 1. The van der Waals surface area contributed by atoms with Gasteiger partial charge >= 0.3 is 6.09 Å². The fourth-order valence-electron chi connectivity index (χ4n) is 2.34. The molecule has 0 aromatic carbocycles. The molecule has 1 aliphatic carbocycles. The molecule has 0 aromatic heterocycles. The van der Waals surface area contributed by atoms with Gasteiger partial charge in [0.2, 0.25) is 0 Å². The normalized spacial score (nSPS) is 30.2. The third-order valence-corrected chi connectivity index (χ3v) is 3.19. The Bertz CT molecular complexity index is 269. The molecule has 0 radical (unpaired) electrons. The van der Waals surface area contributed by atoms with Gasteiger partial charge in [0.1, 0.15) is 5.60 Å². The number of nitrogens with one attached hydrogen (secondary N) is 2. The standard InChI is InChI=1S/C12H22N2O2/c1-12(2,3)16-11(15)14-10-7-13-6-9(10)8-4-5-8/h8-10,13H,4-7H2,1-3H3,(H,14,15)/t9-,10+/m1/s1. The van der Waals surface area contributed by atoms with Gasteiger partial charge in [0, 0.05) is 19.1 Å². The van der Waals surface area contributed by atoms with E-state index in [1.165, 1.54) is 12.8 Å². The van der Waals surface area contributed by atoms with Crippen LogP contribution in [0.1, 0.15) is 33.6 Å². The highest BCUT2D eigenvalue weighted by molar-refractivity contribution is 5.68. The van der Waals surface area contributed by atoms with E-state index in [1.807, 2.05) is 20.8 Å². The van der Waals surface area contributed by atoms with E-state index >= 15 is 0 Å². The van der Waals surface area contributed by atoms with Gasteiger partial charge in [0.05, 0.1) is 0 Å². The van der Waals surface area contributed by atoms with Crippen molar-refractivity contribution in [2.24, 2.45) is 11.8 Å². The number of ether oxygens (including phenoxy) is 1. The van der Waals surface area contributed by atoms with Crippen molar-refractivity contribution in [3.63, 3.8) is 0 Å². The Kier molecular flexibility index (Phi) is 3.10. The Labute approximate surface area is 97.1 Å². The monoisotopic (exact) mass is 226 g/mol. The summed E-state index contributed by atoms with van der Waals surface area (Å²) in [5.41, 5.74) is -0.412. The molecule has 92 valence electrons. The van der Waals surface area contributed by atoms with Gasteiger partial charge in [-0.2, -0.15) is 0 Å². The molecule has 1 heterocycles. The lowest BCUT2D eigenvalue weighted by Crippen LogP contribution is -2.43. The van der Waals surface area contributed by atoms with Crippen molar-refractivity contribution >= 4 is 6.09 Å². The molecule has 2 N–H and O–H groups in total. The summed E-state index contributed by atoms with van der Waals surface area (Å²) in [5, 5.41) is 6.32. The van der Waals surface area contributed by atoms with Crippen LogP contribution in [0, 0.1) is 11.8 Å². The van der Waals surface area contributed by atoms with Crippen LogP contribution in [0.15, 0.2) is 0 Å². The fourth-order valence-corrected chi connectivity index (χ4v) is 2.34. The first kappa shape index (κ1) is 11.7. The van der Waals surface area contributed by atoms with Crippen LogP contribution >= 0.6 is 0 Å². The van der Waals surface area contributed by atoms with Gasteiger partial charge in [-0.1, -0.05) is 0 Å². The molecule has 2 atom stereocenters. The summed E-state index contributed by atoms with van der Waals surface area (Å²) in [5.74, 6) is 1.42. The Morgan fingerprint density at radius 1 is 1.31 bits per heavy atom. The summed E-state index contributed by atoms with van der Waals surface area (Å²) in [6, 6.07) is 0.252. The Morgan fingerprint density at radius 3 is 2.56 bits per heavy atom. The van der Waals surface area contributed by atoms with Crippen molar-refractivity contribution in [3.8, 4) is 0 Å². The Hall–Kier alpha value is -0.770. The molecule has 1 saturated heterocycles. The third kappa shape index (κ3) is 3.11. The predicted octanol–water partition coefficient (Wildman–Crippen LogP) is 1.51. The number of carbonyl (C=O) groups is 1. The molecule has 1 saturated carbocycles. The van der Waals surface area contributed by atoms with Crippen LogP contribution in [0.5, 0.6) is 0 Å². The summed E-state index contributed by atoms with van der Waals surface area (Å²) < 4.78 is 5.27. The summed E-state index contributed by atoms with van der Waals surface area (Å²) in [6.07, 6.45) is 2.35. The van der Waals surface area contributed by atoms with Crippen LogP contribution in [-0.2, 0) is 4.74 Å². The van der Waals surface area contributed by atoms with E-state index < -0.39 is 5.60 Å². The molecular weight excluding hydrogens is 204 g/mol. The van der Waals surface area contributed by atoms with Crippen molar-refractivity contribution in [2.75, 3.05) is 13.1 Å². The van der Waals surface area contributed by atoms with E-state index in [9.17, 15) is 4.79 Å². The second-order valence-corrected chi connectivity index (χ2v) is 5.91. The molecule has 0 spiro atoms. The fraction of sp³-hybridized carbons (Fsp3) is 0.917. The number of hydrogen-bond donors (Lipinski definition) is 2. The van der Waals surface area contributed by atoms with Crippen LogP contribution in [0.3, 0.4) is 0 Å². The summed E-state index contributed by atoms with van der Waals surface area (Å²) in [7, 11) is 0. The van der Waals surface area contributed by atoms with Gasteiger partial charge in [-0.3, -0.25) is 0 Å². The lowest BCUT2D eigenvalue weighted by atomic mass is 9.98. The van der Waals surface area contributed by atoms with Crippen molar-refractivity contribution in [2.45, 2.75) is 45.3 Å². The molecular formula is C12H22N2O2. The molecule has 0 aromatic rings. The highest BCUT2D eigenvalue weighted by Gasteiger charge is 2.40. The quantitative estimate of drug-likeness (QED) is 0.750. The van der Waals surface area contributed by atoms with Crippen molar-refractivity contribution < 1.29 is 9.53 Å². The van der Waals surface area contributed by atoms with Crippen LogP contribution in [0.4, 0.5) is 4.79 Å². The molecule has 16 heavy (non-hydrogen) atoms. The van der Waals surface area contributed by atoms with Crippen molar-refractivity contribution in [1.82, 2.24) is 10.6 Å².